The average Bonchev–Trinajstić information content (AvgIpc) is 2.71. The fourth-order valence-corrected chi connectivity index (χ4v) is 4.88. The Hall–Kier alpha value is -1.89. The lowest BCUT2D eigenvalue weighted by molar-refractivity contribution is 0.267. The Balaban J connectivity index is 1.43. The first kappa shape index (κ1) is 19.9. The topological polar surface area (TPSA) is 58.6 Å². The highest BCUT2D eigenvalue weighted by atomic mass is 32.2. The number of piperidine rings is 1. The summed E-state index contributed by atoms with van der Waals surface area (Å²) in [5, 5.41) is 3.50. The number of benzene rings is 2. The van der Waals surface area contributed by atoms with Crippen LogP contribution >= 0.6 is 0 Å². The highest BCUT2D eigenvalue weighted by molar-refractivity contribution is 7.89. The summed E-state index contributed by atoms with van der Waals surface area (Å²) in [7, 11) is -3.36. The van der Waals surface area contributed by atoms with E-state index in [1.807, 2.05) is 25.1 Å². The Kier molecular flexibility index (Phi) is 6.88. The van der Waals surface area contributed by atoms with Gasteiger partial charge in [-0.05, 0) is 62.1 Å². The Morgan fingerprint density at radius 2 is 1.70 bits per heavy atom. The largest absolute Gasteiger partial charge is 0.494 e. The van der Waals surface area contributed by atoms with Crippen LogP contribution in [-0.2, 0) is 16.6 Å². The Labute approximate surface area is 162 Å². The van der Waals surface area contributed by atoms with E-state index in [1.165, 1.54) is 5.56 Å². The molecule has 0 unspecified atom stereocenters. The third kappa shape index (κ3) is 5.31. The predicted molar refractivity (Wildman–Crippen MR) is 107 cm³/mol. The van der Waals surface area contributed by atoms with Gasteiger partial charge in [0.05, 0.1) is 11.5 Å². The molecule has 1 aliphatic heterocycles. The maximum atomic E-state index is 12.7. The fraction of sp³-hybridized carbons (Fsp3) is 0.429. The molecule has 1 N–H and O–H groups in total. The normalized spacial score (nSPS) is 16.3. The van der Waals surface area contributed by atoms with Crippen molar-refractivity contribution in [2.75, 3.05) is 26.2 Å². The summed E-state index contributed by atoms with van der Waals surface area (Å²) < 4.78 is 32.4. The Bertz CT molecular complexity index is 799. The minimum atomic E-state index is -3.36. The Morgan fingerprint density at radius 3 is 2.33 bits per heavy atom. The van der Waals surface area contributed by atoms with Gasteiger partial charge in [0, 0.05) is 19.6 Å². The van der Waals surface area contributed by atoms with Crippen LogP contribution in [0.25, 0.3) is 0 Å². The van der Waals surface area contributed by atoms with Gasteiger partial charge in [-0.25, -0.2) is 8.42 Å². The van der Waals surface area contributed by atoms with E-state index in [0.717, 1.165) is 31.7 Å². The summed E-state index contributed by atoms with van der Waals surface area (Å²) in [4.78, 5) is 0.386. The van der Waals surface area contributed by atoms with Crippen molar-refractivity contribution in [1.82, 2.24) is 9.62 Å². The molecule has 0 aliphatic carbocycles. The van der Waals surface area contributed by atoms with Crippen LogP contribution in [0, 0.1) is 5.92 Å². The second-order valence-electron chi connectivity index (χ2n) is 6.87. The molecule has 0 amide bonds. The molecule has 0 radical (unpaired) electrons. The molecular formula is C21H28N2O3S. The van der Waals surface area contributed by atoms with E-state index in [-0.39, 0.29) is 0 Å². The Morgan fingerprint density at radius 1 is 1.04 bits per heavy atom. The van der Waals surface area contributed by atoms with E-state index in [1.54, 1.807) is 28.6 Å². The number of rotatable bonds is 8. The molecule has 1 fully saturated rings. The highest BCUT2D eigenvalue weighted by Gasteiger charge is 2.28. The SMILES string of the molecule is CCOc1ccc(CNCC2CCN(S(=O)(=O)c3ccccc3)CC2)cc1. The maximum absolute atomic E-state index is 12.7. The standard InChI is InChI=1S/C21H28N2O3S/c1-2-26-20-10-8-18(9-11-20)16-22-17-19-12-14-23(15-13-19)27(24,25)21-6-4-3-5-7-21/h3-11,19,22H,2,12-17H2,1H3. The van der Waals surface area contributed by atoms with Crippen LogP contribution in [0.3, 0.4) is 0 Å². The first-order valence-corrected chi connectivity index (χ1v) is 11.0. The zero-order chi connectivity index (χ0) is 19.1. The van der Waals surface area contributed by atoms with Crippen LogP contribution < -0.4 is 10.1 Å². The molecule has 146 valence electrons. The van der Waals surface area contributed by atoms with Gasteiger partial charge in [0.25, 0.3) is 0 Å². The first-order chi connectivity index (χ1) is 13.1. The summed E-state index contributed by atoms with van der Waals surface area (Å²) >= 11 is 0. The third-order valence-electron chi connectivity index (χ3n) is 4.95. The van der Waals surface area contributed by atoms with Gasteiger partial charge in [-0.2, -0.15) is 4.31 Å². The van der Waals surface area contributed by atoms with Crippen LogP contribution in [-0.4, -0.2) is 39.0 Å². The van der Waals surface area contributed by atoms with Crippen molar-refractivity contribution in [3.8, 4) is 5.75 Å². The number of sulfonamides is 1. The average molecular weight is 389 g/mol. The summed E-state index contributed by atoms with van der Waals surface area (Å²) in [6, 6.07) is 16.8. The van der Waals surface area contributed by atoms with E-state index in [0.29, 0.717) is 30.5 Å². The van der Waals surface area contributed by atoms with Crippen molar-refractivity contribution in [1.29, 1.82) is 0 Å². The molecule has 27 heavy (non-hydrogen) atoms. The third-order valence-corrected chi connectivity index (χ3v) is 6.86. The molecule has 0 bridgehead atoms. The summed E-state index contributed by atoms with van der Waals surface area (Å²) in [5.41, 5.74) is 1.22. The molecule has 0 atom stereocenters. The minimum absolute atomic E-state index is 0.386. The molecule has 5 nitrogen and oxygen atoms in total. The molecule has 0 aromatic heterocycles. The zero-order valence-electron chi connectivity index (χ0n) is 15.8. The smallest absolute Gasteiger partial charge is 0.243 e. The number of hydrogen-bond acceptors (Lipinski definition) is 4. The number of ether oxygens (including phenoxy) is 1. The van der Waals surface area contributed by atoms with E-state index in [4.69, 9.17) is 4.74 Å². The van der Waals surface area contributed by atoms with Crippen LogP contribution in [0.2, 0.25) is 0 Å². The van der Waals surface area contributed by atoms with E-state index in [9.17, 15) is 8.42 Å². The van der Waals surface area contributed by atoms with Gasteiger partial charge in [0.15, 0.2) is 0 Å². The molecule has 0 saturated carbocycles. The van der Waals surface area contributed by atoms with Crippen molar-refractivity contribution in [3.05, 3.63) is 60.2 Å². The van der Waals surface area contributed by atoms with Crippen LogP contribution in [0.5, 0.6) is 5.75 Å². The van der Waals surface area contributed by atoms with Gasteiger partial charge < -0.3 is 10.1 Å². The van der Waals surface area contributed by atoms with Crippen molar-refractivity contribution in [2.45, 2.75) is 31.2 Å². The second kappa shape index (κ2) is 9.35. The van der Waals surface area contributed by atoms with E-state index in [2.05, 4.69) is 17.4 Å². The molecule has 3 rings (SSSR count). The molecule has 1 aliphatic rings. The van der Waals surface area contributed by atoms with Gasteiger partial charge in [-0.3, -0.25) is 0 Å². The maximum Gasteiger partial charge on any atom is 0.243 e. The lowest BCUT2D eigenvalue weighted by atomic mass is 9.98. The van der Waals surface area contributed by atoms with E-state index >= 15 is 0 Å². The van der Waals surface area contributed by atoms with Gasteiger partial charge in [-0.15, -0.1) is 0 Å². The van der Waals surface area contributed by atoms with Gasteiger partial charge >= 0.3 is 0 Å². The second-order valence-corrected chi connectivity index (χ2v) is 8.81. The molecular weight excluding hydrogens is 360 g/mol. The van der Waals surface area contributed by atoms with Gasteiger partial charge in [0.1, 0.15) is 5.75 Å². The number of nitrogens with one attached hydrogen (secondary N) is 1. The quantitative estimate of drug-likeness (QED) is 0.754. The molecule has 2 aromatic carbocycles. The summed E-state index contributed by atoms with van der Waals surface area (Å²) in [6.07, 6.45) is 1.78. The molecule has 0 spiro atoms. The summed E-state index contributed by atoms with van der Waals surface area (Å²) in [6.45, 7) is 5.56. The van der Waals surface area contributed by atoms with Crippen molar-refractivity contribution in [2.24, 2.45) is 5.92 Å². The highest BCUT2D eigenvalue weighted by Crippen LogP contribution is 2.23. The monoisotopic (exact) mass is 388 g/mol. The summed E-state index contributed by atoms with van der Waals surface area (Å²) in [5.74, 6) is 1.41. The number of hydrogen-bond donors (Lipinski definition) is 1. The lowest BCUT2D eigenvalue weighted by Gasteiger charge is -2.31. The van der Waals surface area contributed by atoms with Crippen LogP contribution in [0.15, 0.2) is 59.5 Å². The lowest BCUT2D eigenvalue weighted by Crippen LogP contribution is -2.40. The fourth-order valence-electron chi connectivity index (χ4n) is 3.39. The predicted octanol–water partition coefficient (Wildman–Crippen LogP) is 3.28. The van der Waals surface area contributed by atoms with Gasteiger partial charge in [0.2, 0.25) is 10.0 Å². The minimum Gasteiger partial charge on any atom is -0.494 e. The number of nitrogens with zero attached hydrogens (tertiary/aromatic N) is 1. The van der Waals surface area contributed by atoms with E-state index < -0.39 is 10.0 Å². The molecule has 1 heterocycles. The molecule has 6 heteroatoms. The van der Waals surface area contributed by atoms with Gasteiger partial charge in [-0.1, -0.05) is 30.3 Å². The zero-order valence-corrected chi connectivity index (χ0v) is 16.6. The van der Waals surface area contributed by atoms with Crippen molar-refractivity contribution in [3.63, 3.8) is 0 Å². The van der Waals surface area contributed by atoms with Crippen molar-refractivity contribution >= 4 is 10.0 Å². The van der Waals surface area contributed by atoms with Crippen LogP contribution in [0.4, 0.5) is 0 Å². The molecule has 1 saturated heterocycles. The molecule has 2 aromatic rings. The first-order valence-electron chi connectivity index (χ1n) is 9.57. The van der Waals surface area contributed by atoms with Crippen molar-refractivity contribution < 1.29 is 13.2 Å². The van der Waals surface area contributed by atoms with Crippen LogP contribution in [0.1, 0.15) is 25.3 Å².